The number of para-hydroxylation sites is 1. The predicted molar refractivity (Wildman–Crippen MR) is 66.9 cm³/mol. The molecule has 1 atom stereocenters. The van der Waals surface area contributed by atoms with Gasteiger partial charge in [0.2, 0.25) is 0 Å². The van der Waals surface area contributed by atoms with Crippen molar-refractivity contribution in [2.24, 2.45) is 0 Å². The molecule has 1 aromatic heterocycles. The molecule has 1 aliphatic rings. The van der Waals surface area contributed by atoms with Crippen molar-refractivity contribution in [2.75, 3.05) is 5.32 Å². The van der Waals surface area contributed by atoms with Gasteiger partial charge < -0.3 is 10.4 Å². The van der Waals surface area contributed by atoms with E-state index in [4.69, 9.17) is 0 Å². The quantitative estimate of drug-likeness (QED) is 0.835. The summed E-state index contributed by atoms with van der Waals surface area (Å²) in [6.07, 6.45) is 3.55. The van der Waals surface area contributed by atoms with Gasteiger partial charge >= 0.3 is 0 Å². The third kappa shape index (κ3) is 1.58. The number of rotatable bonds is 2. The summed E-state index contributed by atoms with van der Waals surface area (Å²) in [4.78, 5) is 16.0. The molecule has 1 unspecified atom stereocenters. The molecule has 90 valence electrons. The van der Waals surface area contributed by atoms with Gasteiger partial charge in [-0.15, -0.1) is 0 Å². The summed E-state index contributed by atoms with van der Waals surface area (Å²) in [5.41, 5.74) is 0.624. The van der Waals surface area contributed by atoms with Crippen LogP contribution in [0.3, 0.4) is 0 Å². The van der Waals surface area contributed by atoms with E-state index in [1.807, 2.05) is 18.2 Å². The molecule has 0 aliphatic carbocycles. The zero-order valence-electron chi connectivity index (χ0n) is 9.63. The number of hydrogen-bond donors (Lipinski definition) is 2. The highest BCUT2D eigenvalue weighted by molar-refractivity contribution is 6.05. The number of aliphatic hydroxyl groups is 1. The standard InChI is InChI=1S/C14H12N2O2/c17-13-14(18,8-10-4-3-7-15-9-10)11-5-1-2-6-12(11)16-13/h1-7,9,18H,8H2,(H,16,17). The lowest BCUT2D eigenvalue weighted by atomic mass is 9.89. The maximum atomic E-state index is 12.0. The average Bonchev–Trinajstić information content (AvgIpc) is 2.63. The summed E-state index contributed by atoms with van der Waals surface area (Å²) < 4.78 is 0. The monoisotopic (exact) mass is 240 g/mol. The largest absolute Gasteiger partial charge is 0.375 e. The third-order valence-corrected chi connectivity index (χ3v) is 3.18. The van der Waals surface area contributed by atoms with Gasteiger partial charge in [-0.25, -0.2) is 0 Å². The van der Waals surface area contributed by atoms with Crippen molar-refractivity contribution >= 4 is 11.6 Å². The average molecular weight is 240 g/mol. The van der Waals surface area contributed by atoms with Crippen molar-refractivity contribution in [3.05, 3.63) is 59.9 Å². The van der Waals surface area contributed by atoms with Gasteiger partial charge in [0.1, 0.15) is 0 Å². The van der Waals surface area contributed by atoms with Crippen LogP contribution < -0.4 is 5.32 Å². The van der Waals surface area contributed by atoms with Crippen LogP contribution in [0.5, 0.6) is 0 Å². The van der Waals surface area contributed by atoms with Crippen LogP contribution in [0.15, 0.2) is 48.8 Å². The van der Waals surface area contributed by atoms with Gasteiger partial charge in [-0.3, -0.25) is 9.78 Å². The number of nitrogens with zero attached hydrogens (tertiary/aromatic N) is 1. The van der Waals surface area contributed by atoms with Crippen LogP contribution in [0.25, 0.3) is 0 Å². The lowest BCUT2D eigenvalue weighted by Crippen LogP contribution is -2.36. The van der Waals surface area contributed by atoms with E-state index in [1.54, 1.807) is 30.6 Å². The SMILES string of the molecule is O=C1Nc2ccccc2C1(O)Cc1cccnc1. The Morgan fingerprint density at radius 2 is 2.06 bits per heavy atom. The van der Waals surface area contributed by atoms with Crippen LogP contribution in [-0.2, 0) is 16.8 Å². The fourth-order valence-corrected chi connectivity index (χ4v) is 2.27. The number of amides is 1. The van der Waals surface area contributed by atoms with Gasteiger partial charge in [0.15, 0.2) is 5.60 Å². The molecule has 3 rings (SSSR count). The maximum Gasteiger partial charge on any atom is 0.261 e. The summed E-state index contributed by atoms with van der Waals surface area (Å²) in [6, 6.07) is 10.8. The summed E-state index contributed by atoms with van der Waals surface area (Å²) in [6.45, 7) is 0. The van der Waals surface area contributed by atoms with E-state index in [9.17, 15) is 9.90 Å². The summed E-state index contributed by atoms with van der Waals surface area (Å²) >= 11 is 0. The zero-order chi connectivity index (χ0) is 12.6. The first-order valence-electron chi connectivity index (χ1n) is 5.72. The second-order valence-electron chi connectivity index (χ2n) is 4.40. The molecule has 4 nitrogen and oxygen atoms in total. The molecule has 0 bridgehead atoms. The number of nitrogens with one attached hydrogen (secondary N) is 1. The Kier molecular flexibility index (Phi) is 2.38. The molecular formula is C14H12N2O2. The first-order valence-corrected chi connectivity index (χ1v) is 5.72. The molecule has 18 heavy (non-hydrogen) atoms. The number of carbonyl (C=O) groups is 1. The summed E-state index contributed by atoms with van der Waals surface area (Å²) in [5.74, 6) is -0.382. The van der Waals surface area contributed by atoms with Crippen LogP contribution in [0, 0.1) is 0 Å². The molecule has 0 saturated carbocycles. The Morgan fingerprint density at radius 3 is 2.83 bits per heavy atom. The Bertz CT molecular complexity index is 598. The number of benzene rings is 1. The van der Waals surface area contributed by atoms with Gasteiger partial charge in [0.25, 0.3) is 5.91 Å². The summed E-state index contributed by atoms with van der Waals surface area (Å²) in [5, 5.41) is 13.3. The van der Waals surface area contributed by atoms with Crippen molar-refractivity contribution in [1.29, 1.82) is 0 Å². The number of pyridine rings is 1. The smallest absolute Gasteiger partial charge is 0.261 e. The number of carbonyl (C=O) groups excluding carboxylic acids is 1. The molecule has 1 amide bonds. The molecule has 0 fully saturated rings. The Labute approximate surface area is 104 Å². The van der Waals surface area contributed by atoms with Gasteiger partial charge in [0, 0.05) is 30.1 Å². The van der Waals surface area contributed by atoms with Crippen LogP contribution in [0.1, 0.15) is 11.1 Å². The summed E-state index contributed by atoms with van der Waals surface area (Å²) in [7, 11) is 0. The Morgan fingerprint density at radius 1 is 1.22 bits per heavy atom. The highest BCUT2D eigenvalue weighted by Crippen LogP contribution is 2.37. The second-order valence-corrected chi connectivity index (χ2v) is 4.40. The van der Waals surface area contributed by atoms with E-state index < -0.39 is 5.60 Å². The molecule has 1 aromatic carbocycles. The van der Waals surface area contributed by atoms with Crippen LogP contribution in [0.4, 0.5) is 5.69 Å². The highest BCUT2D eigenvalue weighted by Gasteiger charge is 2.44. The van der Waals surface area contributed by atoms with Crippen LogP contribution in [-0.4, -0.2) is 16.0 Å². The lowest BCUT2D eigenvalue weighted by Gasteiger charge is -2.20. The first-order chi connectivity index (χ1) is 8.70. The van der Waals surface area contributed by atoms with Crippen molar-refractivity contribution in [1.82, 2.24) is 4.98 Å². The second kappa shape index (κ2) is 3.92. The maximum absolute atomic E-state index is 12.0. The highest BCUT2D eigenvalue weighted by atomic mass is 16.3. The molecule has 0 spiro atoms. The molecule has 2 aromatic rings. The van der Waals surface area contributed by atoms with E-state index in [0.717, 1.165) is 5.56 Å². The molecule has 4 heteroatoms. The number of hydrogen-bond acceptors (Lipinski definition) is 3. The zero-order valence-corrected chi connectivity index (χ0v) is 9.63. The normalized spacial score (nSPS) is 21.5. The van der Waals surface area contributed by atoms with Gasteiger partial charge in [-0.05, 0) is 17.7 Å². The fourth-order valence-electron chi connectivity index (χ4n) is 2.27. The lowest BCUT2D eigenvalue weighted by molar-refractivity contribution is -0.133. The molecule has 0 radical (unpaired) electrons. The van der Waals surface area contributed by atoms with Gasteiger partial charge in [-0.2, -0.15) is 0 Å². The van der Waals surface area contributed by atoms with Gasteiger partial charge in [0.05, 0.1) is 0 Å². The molecule has 2 heterocycles. The number of fused-ring (bicyclic) bond motifs is 1. The Balaban J connectivity index is 2.02. The van der Waals surface area contributed by atoms with E-state index in [0.29, 0.717) is 11.3 Å². The molecule has 2 N–H and O–H groups in total. The van der Waals surface area contributed by atoms with Gasteiger partial charge in [-0.1, -0.05) is 24.3 Å². The van der Waals surface area contributed by atoms with E-state index in [-0.39, 0.29) is 12.3 Å². The van der Waals surface area contributed by atoms with Crippen molar-refractivity contribution < 1.29 is 9.90 Å². The van der Waals surface area contributed by atoms with E-state index in [2.05, 4.69) is 10.3 Å². The molecule has 1 aliphatic heterocycles. The molecule has 0 saturated heterocycles. The number of aromatic nitrogens is 1. The predicted octanol–water partition coefficient (Wildman–Crippen LogP) is 1.46. The Hall–Kier alpha value is -2.20. The minimum Gasteiger partial charge on any atom is -0.375 e. The third-order valence-electron chi connectivity index (χ3n) is 3.18. The fraction of sp³-hybridized carbons (Fsp3) is 0.143. The molecular weight excluding hydrogens is 228 g/mol. The minimum absolute atomic E-state index is 0.226. The minimum atomic E-state index is -1.50. The van der Waals surface area contributed by atoms with Crippen molar-refractivity contribution in [3.63, 3.8) is 0 Å². The van der Waals surface area contributed by atoms with Crippen molar-refractivity contribution in [2.45, 2.75) is 12.0 Å². The first kappa shape index (κ1) is 10.9. The van der Waals surface area contributed by atoms with Crippen LogP contribution in [0.2, 0.25) is 0 Å². The van der Waals surface area contributed by atoms with Crippen molar-refractivity contribution in [3.8, 4) is 0 Å². The number of anilines is 1. The topological polar surface area (TPSA) is 62.2 Å². The van der Waals surface area contributed by atoms with E-state index in [1.165, 1.54) is 0 Å². The van der Waals surface area contributed by atoms with Crippen LogP contribution >= 0.6 is 0 Å². The van der Waals surface area contributed by atoms with E-state index >= 15 is 0 Å².